The minimum atomic E-state index is 0. The maximum Gasteiger partial charge on any atom is 4.00 e. The summed E-state index contributed by atoms with van der Waals surface area (Å²) in [6.07, 6.45) is 35.5. The Morgan fingerprint density at radius 1 is 0.448 bits per heavy atom. The van der Waals surface area contributed by atoms with Crippen LogP contribution in [0.1, 0.15) is 0 Å². The maximum atomic E-state index is 2.97. The molecule has 0 aromatic carbocycles. The molecule has 29 heavy (non-hydrogen) atoms. The fraction of sp³-hybridized carbons (Fsp3) is 0.333. The van der Waals surface area contributed by atoms with Crippen LogP contribution < -0.4 is 0 Å². The summed E-state index contributed by atoms with van der Waals surface area (Å²) in [6.45, 7) is 3.99. The zero-order valence-electron chi connectivity index (χ0n) is 17.9. The number of rotatable bonds is 0. The zero-order valence-corrected chi connectivity index (χ0v) is 20.1. The van der Waals surface area contributed by atoms with E-state index in [0.29, 0.717) is 0 Å². The molecule has 4 rings (SSSR count). The molecule has 0 saturated carbocycles. The summed E-state index contributed by atoms with van der Waals surface area (Å²) in [5, 5.41) is 0. The first kappa shape index (κ1) is 26.8. The van der Waals surface area contributed by atoms with Gasteiger partial charge in [-0.05, 0) is 28.2 Å². The second-order valence-electron chi connectivity index (χ2n) is 6.50. The van der Waals surface area contributed by atoms with Crippen molar-refractivity contribution in [2.45, 2.75) is 0 Å². The Balaban J connectivity index is 0.000000356. The van der Waals surface area contributed by atoms with Crippen molar-refractivity contribution in [3.05, 3.63) is 97.7 Å². The third-order valence-electron chi connectivity index (χ3n) is 3.69. The van der Waals surface area contributed by atoms with E-state index in [1.165, 1.54) is 0 Å². The summed E-state index contributed by atoms with van der Waals surface area (Å²) in [7, 11) is 8.14. The van der Waals surface area contributed by atoms with E-state index in [1.807, 2.05) is 102 Å². The van der Waals surface area contributed by atoms with E-state index in [9.17, 15) is 0 Å². The van der Waals surface area contributed by atoms with E-state index in [2.05, 4.69) is 43.9 Å². The summed E-state index contributed by atoms with van der Waals surface area (Å²) in [5.41, 5.74) is 0. The van der Waals surface area contributed by atoms with Gasteiger partial charge in [-0.15, -0.1) is 24.8 Å². The van der Waals surface area contributed by atoms with Gasteiger partial charge in [0, 0.05) is 26.2 Å². The molecule has 4 aliphatic rings. The Labute approximate surface area is 192 Å². The van der Waals surface area contributed by atoms with Crippen molar-refractivity contribution < 1.29 is 21.1 Å². The molecule has 0 radical (unpaired) electrons. The standard InChI is InChI=1S/4C6H8N.Pt/c4*1-7-5-3-2-4-6-7;/h4*3-5H,6H2,1H3;/q4*-1;+4. The third kappa shape index (κ3) is 16.5. The van der Waals surface area contributed by atoms with Gasteiger partial charge >= 0.3 is 21.1 Å². The van der Waals surface area contributed by atoms with E-state index in [1.54, 1.807) is 0 Å². The third-order valence-corrected chi connectivity index (χ3v) is 3.69. The van der Waals surface area contributed by atoms with Crippen LogP contribution >= 0.6 is 0 Å². The van der Waals surface area contributed by atoms with Gasteiger partial charge in [-0.25, -0.2) is 24.3 Å². The van der Waals surface area contributed by atoms with Gasteiger partial charge in [0.25, 0.3) is 0 Å². The topological polar surface area (TPSA) is 13.0 Å². The van der Waals surface area contributed by atoms with E-state index in [0.717, 1.165) is 26.2 Å². The minimum absolute atomic E-state index is 0. The largest absolute Gasteiger partial charge is 4.00 e. The van der Waals surface area contributed by atoms with Crippen molar-refractivity contribution >= 4 is 0 Å². The molecular formula is C24H32N4Pt. The van der Waals surface area contributed by atoms with Crippen molar-refractivity contribution in [3.8, 4) is 0 Å². The van der Waals surface area contributed by atoms with E-state index >= 15 is 0 Å². The maximum absolute atomic E-state index is 2.97. The van der Waals surface area contributed by atoms with Gasteiger partial charge in [0.2, 0.25) is 0 Å². The number of hydrogen-bond acceptors (Lipinski definition) is 4. The normalized spacial score (nSPS) is 17.5. The molecule has 4 nitrogen and oxygen atoms in total. The van der Waals surface area contributed by atoms with Crippen molar-refractivity contribution in [3.63, 3.8) is 0 Å². The monoisotopic (exact) mass is 571 g/mol. The molecule has 158 valence electrons. The van der Waals surface area contributed by atoms with Crippen molar-refractivity contribution in [1.82, 2.24) is 19.6 Å². The molecule has 4 heterocycles. The Morgan fingerprint density at radius 2 is 0.655 bits per heavy atom. The SMILES string of the molecule is CN1C=C[C-]=CC1.CN1C=C[C-]=CC1.CN1C=C[C-]=CC1.CN1C=C[C-]=CC1.[Pt+4]. The van der Waals surface area contributed by atoms with Crippen molar-refractivity contribution in [1.29, 1.82) is 0 Å². The Morgan fingerprint density at radius 3 is 0.724 bits per heavy atom. The van der Waals surface area contributed by atoms with Gasteiger partial charge in [-0.3, -0.25) is 24.3 Å². The molecule has 0 aliphatic carbocycles. The van der Waals surface area contributed by atoms with Crippen LogP contribution in [0.3, 0.4) is 0 Å². The first-order chi connectivity index (χ1) is 13.6. The Bertz CT molecular complexity index is 529. The molecule has 0 aromatic heterocycles. The van der Waals surface area contributed by atoms with Crippen LogP contribution in [0.15, 0.2) is 73.4 Å². The van der Waals surface area contributed by atoms with Gasteiger partial charge in [0.15, 0.2) is 0 Å². The van der Waals surface area contributed by atoms with Crippen molar-refractivity contribution in [2.24, 2.45) is 0 Å². The molecule has 0 saturated heterocycles. The average molecular weight is 572 g/mol. The van der Waals surface area contributed by atoms with Crippen LogP contribution in [0.5, 0.6) is 0 Å². The first-order valence-electron chi connectivity index (χ1n) is 9.36. The van der Waals surface area contributed by atoms with Crippen LogP contribution in [0.25, 0.3) is 0 Å². The first-order valence-corrected chi connectivity index (χ1v) is 9.36. The molecule has 0 aromatic rings. The molecule has 0 atom stereocenters. The number of likely N-dealkylation sites (N-methyl/N-ethyl adjacent to an activating group) is 4. The fourth-order valence-corrected chi connectivity index (χ4v) is 1.98. The van der Waals surface area contributed by atoms with E-state index in [-0.39, 0.29) is 21.1 Å². The number of hydrogen-bond donors (Lipinski definition) is 0. The summed E-state index contributed by atoms with van der Waals surface area (Å²) in [6, 6.07) is 0. The average Bonchev–Trinajstić information content (AvgIpc) is 2.72. The number of allylic oxidation sites excluding steroid dienone is 8. The smallest absolute Gasteiger partial charge is 0.455 e. The van der Waals surface area contributed by atoms with Gasteiger partial charge in [0.05, 0.1) is 0 Å². The molecule has 0 fully saturated rings. The number of nitrogens with zero attached hydrogens (tertiary/aromatic N) is 4. The van der Waals surface area contributed by atoms with Crippen molar-refractivity contribution in [2.75, 3.05) is 54.4 Å². The van der Waals surface area contributed by atoms with Crippen LogP contribution in [0, 0.1) is 24.3 Å². The van der Waals surface area contributed by atoms with Gasteiger partial charge in [-0.2, -0.15) is 24.3 Å². The summed E-state index contributed by atoms with van der Waals surface area (Å²) in [4.78, 5) is 8.38. The van der Waals surface area contributed by atoms with Gasteiger partial charge in [-0.1, -0.05) is 0 Å². The summed E-state index contributed by atoms with van der Waals surface area (Å²) in [5.74, 6) is 0. The summed E-state index contributed by atoms with van der Waals surface area (Å²) >= 11 is 0. The van der Waals surface area contributed by atoms with Gasteiger partial charge < -0.3 is 19.6 Å². The predicted molar refractivity (Wildman–Crippen MR) is 118 cm³/mol. The zero-order chi connectivity index (χ0) is 20.5. The molecule has 0 spiro atoms. The molecule has 0 N–H and O–H groups in total. The van der Waals surface area contributed by atoms with Crippen LogP contribution in [-0.4, -0.2) is 74.0 Å². The molecule has 0 unspecified atom stereocenters. The van der Waals surface area contributed by atoms with Crippen LogP contribution in [0.4, 0.5) is 0 Å². The Kier molecular flexibility index (Phi) is 16.5. The quantitative estimate of drug-likeness (QED) is 0.414. The molecular weight excluding hydrogens is 539 g/mol. The van der Waals surface area contributed by atoms with Crippen LogP contribution in [0.2, 0.25) is 0 Å². The second-order valence-corrected chi connectivity index (χ2v) is 6.50. The fourth-order valence-electron chi connectivity index (χ4n) is 1.98. The second kappa shape index (κ2) is 17.9. The molecule has 4 aliphatic heterocycles. The molecule has 5 heteroatoms. The van der Waals surface area contributed by atoms with E-state index < -0.39 is 0 Å². The minimum Gasteiger partial charge on any atom is -0.455 e. The predicted octanol–water partition coefficient (Wildman–Crippen LogP) is 3.22. The Hall–Kier alpha value is -2.19. The van der Waals surface area contributed by atoms with Gasteiger partial charge in [0.1, 0.15) is 0 Å². The molecule has 0 amide bonds. The molecule has 0 bridgehead atoms. The van der Waals surface area contributed by atoms with E-state index in [4.69, 9.17) is 0 Å². The summed E-state index contributed by atoms with van der Waals surface area (Å²) < 4.78 is 0. The van der Waals surface area contributed by atoms with Crippen LogP contribution in [-0.2, 0) is 21.1 Å².